The van der Waals surface area contributed by atoms with Crippen molar-refractivity contribution in [2.24, 2.45) is 10.8 Å². The molecule has 0 aromatic carbocycles. The summed E-state index contributed by atoms with van der Waals surface area (Å²) >= 11 is 0. The van der Waals surface area contributed by atoms with Gasteiger partial charge in [0, 0.05) is 44.4 Å². The lowest BCUT2D eigenvalue weighted by molar-refractivity contribution is -0.170. The van der Waals surface area contributed by atoms with Crippen molar-refractivity contribution in [2.45, 2.75) is 51.7 Å². The molecule has 136 valence electrons. The molecule has 3 unspecified atom stereocenters. The molecule has 24 heavy (non-hydrogen) atoms. The summed E-state index contributed by atoms with van der Waals surface area (Å²) in [5.41, 5.74) is -0.860. The Morgan fingerprint density at radius 3 is 2.62 bits per heavy atom. The van der Waals surface area contributed by atoms with E-state index in [1.54, 1.807) is 11.8 Å². The number of nitrogens with one attached hydrogen (secondary N) is 1. The summed E-state index contributed by atoms with van der Waals surface area (Å²) in [4.78, 5) is 25.6. The quantitative estimate of drug-likeness (QED) is 0.809. The Kier molecular flexibility index (Phi) is 4.75. The first-order valence-electron chi connectivity index (χ1n) is 8.89. The molecule has 7 nitrogen and oxygen atoms in total. The van der Waals surface area contributed by atoms with Crippen molar-refractivity contribution in [1.82, 2.24) is 10.2 Å². The number of aliphatic carboxylic acids is 1. The molecule has 2 heterocycles. The van der Waals surface area contributed by atoms with E-state index in [1.807, 2.05) is 6.92 Å². The predicted molar refractivity (Wildman–Crippen MR) is 86.8 cm³/mol. The number of hydrogen-bond donors (Lipinski definition) is 2. The Bertz CT molecular complexity index is 505. The van der Waals surface area contributed by atoms with Crippen molar-refractivity contribution in [2.75, 3.05) is 32.9 Å². The minimum atomic E-state index is -0.834. The molecule has 7 heteroatoms. The maximum Gasteiger partial charge on any atom is 0.317 e. The molecule has 1 aliphatic carbocycles. The van der Waals surface area contributed by atoms with Crippen molar-refractivity contribution in [1.29, 1.82) is 0 Å². The zero-order chi connectivity index (χ0) is 17.4. The van der Waals surface area contributed by atoms with E-state index in [-0.39, 0.29) is 30.1 Å². The van der Waals surface area contributed by atoms with Gasteiger partial charge in [0.25, 0.3) is 0 Å². The topological polar surface area (TPSA) is 88.1 Å². The van der Waals surface area contributed by atoms with Gasteiger partial charge in [-0.25, -0.2) is 4.79 Å². The van der Waals surface area contributed by atoms with Crippen molar-refractivity contribution < 1.29 is 24.2 Å². The maximum atomic E-state index is 12.6. The van der Waals surface area contributed by atoms with Crippen LogP contribution in [0.25, 0.3) is 0 Å². The van der Waals surface area contributed by atoms with Gasteiger partial charge in [-0.05, 0) is 39.5 Å². The monoisotopic (exact) mass is 340 g/mol. The van der Waals surface area contributed by atoms with Gasteiger partial charge in [0.05, 0.1) is 11.5 Å². The van der Waals surface area contributed by atoms with E-state index < -0.39 is 11.4 Å². The van der Waals surface area contributed by atoms with Crippen LogP contribution in [0, 0.1) is 10.8 Å². The summed E-state index contributed by atoms with van der Waals surface area (Å²) in [7, 11) is 0. The number of carboxylic acids is 1. The van der Waals surface area contributed by atoms with Crippen LogP contribution in [0.3, 0.4) is 0 Å². The molecule has 1 saturated carbocycles. The molecule has 3 aliphatic rings. The van der Waals surface area contributed by atoms with E-state index >= 15 is 0 Å². The molecule has 0 aromatic heterocycles. The fourth-order valence-corrected chi connectivity index (χ4v) is 4.36. The van der Waals surface area contributed by atoms with Crippen molar-refractivity contribution >= 4 is 12.0 Å². The van der Waals surface area contributed by atoms with E-state index in [0.29, 0.717) is 32.8 Å². The van der Waals surface area contributed by atoms with E-state index in [2.05, 4.69) is 5.32 Å². The summed E-state index contributed by atoms with van der Waals surface area (Å²) in [5.74, 6) is -0.834. The average molecular weight is 340 g/mol. The number of rotatable bonds is 4. The summed E-state index contributed by atoms with van der Waals surface area (Å²) in [6, 6.07) is -0.0621. The Morgan fingerprint density at radius 2 is 2.04 bits per heavy atom. The Hall–Kier alpha value is -1.34. The molecular weight excluding hydrogens is 312 g/mol. The van der Waals surface area contributed by atoms with Crippen LogP contribution in [0.4, 0.5) is 4.79 Å². The smallest absolute Gasteiger partial charge is 0.317 e. The number of nitrogens with zero attached hydrogens (tertiary/aromatic N) is 1. The van der Waals surface area contributed by atoms with Crippen LogP contribution in [0.2, 0.25) is 0 Å². The van der Waals surface area contributed by atoms with Gasteiger partial charge in [-0.2, -0.15) is 0 Å². The van der Waals surface area contributed by atoms with Gasteiger partial charge in [-0.3, -0.25) is 4.79 Å². The van der Waals surface area contributed by atoms with Gasteiger partial charge in [0.15, 0.2) is 0 Å². The molecule has 1 spiro atoms. The third-order valence-corrected chi connectivity index (χ3v) is 6.15. The molecule has 3 atom stereocenters. The lowest BCUT2D eigenvalue weighted by Crippen LogP contribution is -2.67. The van der Waals surface area contributed by atoms with Gasteiger partial charge in [-0.15, -0.1) is 0 Å². The Morgan fingerprint density at radius 1 is 1.33 bits per heavy atom. The summed E-state index contributed by atoms with van der Waals surface area (Å²) < 4.78 is 11.4. The normalized spacial score (nSPS) is 34.8. The predicted octanol–water partition coefficient (Wildman–Crippen LogP) is 1.47. The first-order chi connectivity index (χ1) is 11.4. The maximum absolute atomic E-state index is 12.6. The average Bonchev–Trinajstić information content (AvgIpc) is 2.98. The zero-order valence-electron chi connectivity index (χ0n) is 14.5. The molecule has 3 fully saturated rings. The second-order valence-corrected chi connectivity index (χ2v) is 7.56. The number of amides is 2. The van der Waals surface area contributed by atoms with E-state index in [1.165, 1.54) is 0 Å². The molecule has 0 bridgehead atoms. The highest BCUT2D eigenvalue weighted by molar-refractivity contribution is 5.79. The number of carbonyl (C=O) groups excluding carboxylic acids is 1. The summed E-state index contributed by atoms with van der Waals surface area (Å²) in [6.45, 7) is 6.55. The number of carbonyl (C=O) groups is 2. The first kappa shape index (κ1) is 17.5. The van der Waals surface area contributed by atoms with Gasteiger partial charge >= 0.3 is 12.0 Å². The standard InChI is InChI=1S/C17H28N2O5/c1-3-24-13-10-12(17(13)5-8-23-9-6-17)18-15(22)19-7-4-16(2,11-19)14(20)21/h12-13H,3-11H2,1-2H3,(H,18,22)(H,20,21). The summed E-state index contributed by atoms with van der Waals surface area (Å²) in [5, 5.41) is 12.5. The van der Waals surface area contributed by atoms with E-state index in [4.69, 9.17) is 9.47 Å². The molecule has 0 aromatic rings. The highest BCUT2D eigenvalue weighted by atomic mass is 16.5. The zero-order valence-corrected chi connectivity index (χ0v) is 14.5. The third kappa shape index (κ3) is 2.88. The second-order valence-electron chi connectivity index (χ2n) is 7.56. The number of hydrogen-bond acceptors (Lipinski definition) is 4. The fourth-order valence-electron chi connectivity index (χ4n) is 4.36. The van der Waals surface area contributed by atoms with E-state index in [0.717, 1.165) is 19.3 Å². The Balaban J connectivity index is 1.61. The molecule has 2 N–H and O–H groups in total. The number of urea groups is 1. The number of carboxylic acid groups (broad SMARTS) is 1. The van der Waals surface area contributed by atoms with E-state index in [9.17, 15) is 14.7 Å². The highest BCUT2D eigenvalue weighted by Crippen LogP contribution is 2.50. The molecule has 0 radical (unpaired) electrons. The highest BCUT2D eigenvalue weighted by Gasteiger charge is 2.57. The number of likely N-dealkylation sites (tertiary alicyclic amines) is 1. The van der Waals surface area contributed by atoms with Crippen LogP contribution in [0.15, 0.2) is 0 Å². The second kappa shape index (κ2) is 6.52. The van der Waals surface area contributed by atoms with Crippen molar-refractivity contribution in [3.8, 4) is 0 Å². The molecule has 2 amide bonds. The minimum Gasteiger partial charge on any atom is -0.481 e. The molecule has 2 aliphatic heterocycles. The summed E-state index contributed by atoms with van der Waals surface area (Å²) in [6.07, 6.45) is 3.30. The lowest BCUT2D eigenvalue weighted by atomic mass is 9.57. The Labute approximate surface area is 142 Å². The lowest BCUT2D eigenvalue weighted by Gasteiger charge is -2.57. The van der Waals surface area contributed by atoms with Crippen LogP contribution in [0.5, 0.6) is 0 Å². The van der Waals surface area contributed by atoms with Gasteiger partial charge < -0.3 is 24.8 Å². The molecule has 2 saturated heterocycles. The van der Waals surface area contributed by atoms with Gasteiger partial charge in [0.2, 0.25) is 0 Å². The van der Waals surface area contributed by atoms with Crippen LogP contribution in [-0.4, -0.2) is 67.1 Å². The third-order valence-electron chi connectivity index (χ3n) is 6.15. The molecule has 3 rings (SSSR count). The van der Waals surface area contributed by atoms with Crippen molar-refractivity contribution in [3.63, 3.8) is 0 Å². The minimum absolute atomic E-state index is 0.0280. The number of ether oxygens (including phenoxy) is 2. The largest absolute Gasteiger partial charge is 0.481 e. The fraction of sp³-hybridized carbons (Fsp3) is 0.882. The van der Waals surface area contributed by atoms with Crippen LogP contribution >= 0.6 is 0 Å². The van der Waals surface area contributed by atoms with Gasteiger partial charge in [-0.1, -0.05) is 0 Å². The molecular formula is C17H28N2O5. The SMILES string of the molecule is CCOC1CC(NC(=O)N2CCC(C)(C(=O)O)C2)C12CCOCC2. The van der Waals surface area contributed by atoms with Crippen molar-refractivity contribution in [3.05, 3.63) is 0 Å². The van der Waals surface area contributed by atoms with Crippen LogP contribution < -0.4 is 5.32 Å². The van der Waals surface area contributed by atoms with Crippen LogP contribution in [-0.2, 0) is 14.3 Å². The van der Waals surface area contributed by atoms with Crippen LogP contribution in [0.1, 0.15) is 39.5 Å². The van der Waals surface area contributed by atoms with Gasteiger partial charge in [0.1, 0.15) is 0 Å². The first-order valence-corrected chi connectivity index (χ1v) is 8.89.